The molecule has 0 atom stereocenters. The second-order valence-corrected chi connectivity index (χ2v) is 10.3. The molecule has 1 nitrogen and oxygen atoms in total. The number of hydrogen-bond acceptors (Lipinski definition) is 0. The molecule has 0 spiro atoms. The highest BCUT2D eigenvalue weighted by Crippen LogP contribution is 2.30. The first kappa shape index (κ1) is 26.1. The Kier molecular flexibility index (Phi) is 6.54. The van der Waals surface area contributed by atoms with Gasteiger partial charge in [-0.15, -0.1) is 10.9 Å². The standard InChI is InChI=1S/C30H13B7BrN/c31-21-19-20-22(32)28(38)25(35)27(37)30(20)39(29(19)26(36)24(34)23(21)33)18-12-10-17(11-13-18)16-8-6-15(7-9-16)14-4-2-1-3-5-14/h1-13H. The van der Waals surface area contributed by atoms with Crippen molar-refractivity contribution in [1.29, 1.82) is 0 Å². The Hall–Kier alpha value is -3.17. The molecule has 0 fully saturated rings. The summed E-state index contributed by atoms with van der Waals surface area (Å²) in [6.07, 6.45) is 0. The summed E-state index contributed by atoms with van der Waals surface area (Å²) < 4.78 is 2.37. The van der Waals surface area contributed by atoms with Gasteiger partial charge in [-0.25, -0.2) is 0 Å². The predicted octanol–water partition coefficient (Wildman–Crippen LogP) is 0.437. The number of rotatable bonds is 3. The molecular weight excluding hydrogens is 530 g/mol. The van der Waals surface area contributed by atoms with Crippen molar-refractivity contribution in [2.75, 3.05) is 0 Å². The van der Waals surface area contributed by atoms with Gasteiger partial charge in [-0.1, -0.05) is 110 Å². The van der Waals surface area contributed by atoms with Crippen LogP contribution in [0.1, 0.15) is 0 Å². The van der Waals surface area contributed by atoms with E-state index in [2.05, 4.69) is 52.3 Å². The minimum Gasteiger partial charge on any atom is -0.311 e. The molecule has 0 bridgehead atoms. The van der Waals surface area contributed by atoms with E-state index in [1.165, 1.54) is 5.56 Å². The van der Waals surface area contributed by atoms with Crippen LogP contribution in [0.15, 0.2) is 83.3 Å². The van der Waals surface area contributed by atoms with Crippen LogP contribution in [0.5, 0.6) is 0 Å². The fraction of sp³-hybridized carbons (Fsp3) is 0. The predicted molar refractivity (Wildman–Crippen MR) is 177 cm³/mol. The first-order valence-electron chi connectivity index (χ1n) is 12.2. The number of nitrogens with zero attached hydrogens (tertiary/aromatic N) is 1. The van der Waals surface area contributed by atoms with Gasteiger partial charge in [0.25, 0.3) is 0 Å². The number of fused-ring (bicyclic) bond motifs is 3. The van der Waals surface area contributed by atoms with E-state index in [-0.39, 0.29) is 21.9 Å². The van der Waals surface area contributed by atoms with Crippen LogP contribution in [-0.4, -0.2) is 59.5 Å². The van der Waals surface area contributed by atoms with Crippen LogP contribution < -0.4 is 38.2 Å². The third kappa shape index (κ3) is 4.01. The molecule has 0 aliphatic heterocycles. The van der Waals surface area contributed by atoms with Gasteiger partial charge in [-0.2, -0.15) is 0 Å². The smallest absolute Gasteiger partial charge is 0.116 e. The Morgan fingerprint density at radius 3 is 1.36 bits per heavy atom. The fourth-order valence-electron chi connectivity index (χ4n) is 5.21. The summed E-state index contributed by atoms with van der Waals surface area (Å²) in [6, 6.07) is 26.8. The fourth-order valence-corrected chi connectivity index (χ4v) is 5.62. The Bertz CT molecular complexity index is 1840. The highest BCUT2D eigenvalue weighted by Gasteiger charge is 2.22. The van der Waals surface area contributed by atoms with Crippen LogP contribution in [-0.2, 0) is 0 Å². The summed E-state index contributed by atoms with van der Waals surface area (Å²) in [6.45, 7) is 0. The summed E-state index contributed by atoms with van der Waals surface area (Å²) in [7, 11) is 45.0. The SMILES string of the molecule is [B]c1c([B])c([B])c2c(c1[B])c1c([B])c(Br)c([B])c([B])c1n2-c1ccc(-c2ccc(-c3ccccc3)cc2)cc1. The van der Waals surface area contributed by atoms with Gasteiger partial charge in [0.05, 0.1) is 0 Å². The van der Waals surface area contributed by atoms with Crippen LogP contribution in [0.3, 0.4) is 0 Å². The van der Waals surface area contributed by atoms with E-state index in [0.717, 1.165) is 22.4 Å². The van der Waals surface area contributed by atoms with Gasteiger partial charge in [0.2, 0.25) is 0 Å². The molecule has 1 aromatic heterocycles. The van der Waals surface area contributed by atoms with E-state index in [1.54, 1.807) is 0 Å². The second-order valence-electron chi connectivity index (χ2n) is 9.48. The molecule has 0 aliphatic rings. The molecule has 1 heterocycles. The lowest BCUT2D eigenvalue weighted by Crippen LogP contribution is -2.48. The molecule has 6 aromatic rings. The molecule has 14 radical (unpaired) electrons. The molecule has 0 saturated heterocycles. The largest absolute Gasteiger partial charge is 0.311 e. The van der Waals surface area contributed by atoms with E-state index >= 15 is 0 Å². The highest BCUT2D eigenvalue weighted by atomic mass is 79.9. The van der Waals surface area contributed by atoms with Crippen molar-refractivity contribution < 1.29 is 0 Å². The quantitative estimate of drug-likeness (QED) is 0.286. The summed E-state index contributed by atoms with van der Waals surface area (Å²) in [4.78, 5) is 0. The first-order valence-corrected chi connectivity index (χ1v) is 13.0. The minimum absolute atomic E-state index is 0.194. The average Bonchev–Trinajstić information content (AvgIpc) is 3.34. The maximum absolute atomic E-state index is 6.57. The Balaban J connectivity index is 1.56. The molecule has 0 amide bonds. The van der Waals surface area contributed by atoms with Gasteiger partial charge in [-0.3, -0.25) is 0 Å². The van der Waals surface area contributed by atoms with Crippen molar-refractivity contribution in [2.45, 2.75) is 0 Å². The van der Waals surface area contributed by atoms with Crippen LogP contribution >= 0.6 is 15.9 Å². The number of hydrogen-bond donors (Lipinski definition) is 0. The van der Waals surface area contributed by atoms with Gasteiger partial charge < -0.3 is 4.57 Å². The molecule has 0 unspecified atom stereocenters. The Labute approximate surface area is 245 Å². The molecule has 39 heavy (non-hydrogen) atoms. The molecule has 0 saturated carbocycles. The molecular formula is C30H13B7BrN. The molecule has 6 rings (SSSR count). The van der Waals surface area contributed by atoms with E-state index in [9.17, 15) is 0 Å². The van der Waals surface area contributed by atoms with Crippen LogP contribution in [0.4, 0.5) is 0 Å². The third-order valence-electron chi connectivity index (χ3n) is 7.30. The van der Waals surface area contributed by atoms with Gasteiger partial charge in [0, 0.05) is 26.6 Å². The van der Waals surface area contributed by atoms with Crippen molar-refractivity contribution in [3.05, 3.63) is 83.3 Å². The minimum atomic E-state index is 0.194. The van der Waals surface area contributed by atoms with Gasteiger partial charge in [0.15, 0.2) is 0 Å². The summed E-state index contributed by atoms with van der Waals surface area (Å²) in [5.41, 5.74) is 8.35. The average molecular weight is 543 g/mol. The lowest BCUT2D eigenvalue weighted by atomic mass is 9.65. The van der Waals surface area contributed by atoms with Gasteiger partial charge >= 0.3 is 0 Å². The van der Waals surface area contributed by atoms with Crippen LogP contribution in [0.25, 0.3) is 49.7 Å². The zero-order valence-corrected chi connectivity index (χ0v) is 22.5. The molecule has 5 aromatic carbocycles. The topological polar surface area (TPSA) is 4.93 Å². The van der Waals surface area contributed by atoms with Gasteiger partial charge in [-0.05, 0) is 39.8 Å². The third-order valence-corrected chi connectivity index (χ3v) is 8.16. The van der Waals surface area contributed by atoms with Crippen molar-refractivity contribution in [3.63, 3.8) is 0 Å². The zero-order chi connectivity index (χ0) is 27.6. The summed E-state index contributed by atoms with van der Waals surface area (Å²) in [5.74, 6) is 0. The van der Waals surface area contributed by atoms with E-state index < -0.39 is 0 Å². The summed E-state index contributed by atoms with van der Waals surface area (Å²) >= 11 is 3.47. The monoisotopic (exact) mass is 543 g/mol. The van der Waals surface area contributed by atoms with E-state index in [4.69, 9.17) is 54.9 Å². The maximum Gasteiger partial charge on any atom is 0.116 e. The number of benzene rings is 5. The van der Waals surface area contributed by atoms with Crippen LogP contribution in [0, 0.1) is 0 Å². The van der Waals surface area contributed by atoms with Gasteiger partial charge in [0.1, 0.15) is 54.9 Å². The molecule has 166 valence electrons. The van der Waals surface area contributed by atoms with Crippen molar-refractivity contribution in [3.8, 4) is 27.9 Å². The second kappa shape index (κ2) is 9.79. The van der Waals surface area contributed by atoms with Crippen LogP contribution in [0.2, 0.25) is 0 Å². The zero-order valence-electron chi connectivity index (χ0n) is 20.9. The normalized spacial score (nSPS) is 11.4. The van der Waals surface area contributed by atoms with E-state index in [0.29, 0.717) is 42.7 Å². The Morgan fingerprint density at radius 2 is 0.821 bits per heavy atom. The summed E-state index contributed by atoms with van der Waals surface area (Å²) in [5, 5.41) is 1.17. The van der Waals surface area contributed by atoms with Crippen molar-refractivity contribution >= 4 is 131 Å². The number of aromatic nitrogens is 1. The highest BCUT2D eigenvalue weighted by molar-refractivity contribution is 9.10. The first-order chi connectivity index (χ1) is 18.7. The molecule has 0 N–H and O–H groups in total. The van der Waals surface area contributed by atoms with E-state index in [1.807, 2.05) is 47.0 Å². The van der Waals surface area contributed by atoms with Crippen molar-refractivity contribution in [2.24, 2.45) is 0 Å². The maximum atomic E-state index is 6.57. The molecule has 9 heteroatoms. The lowest BCUT2D eigenvalue weighted by molar-refractivity contribution is 1.19. The van der Waals surface area contributed by atoms with Crippen molar-refractivity contribution in [1.82, 2.24) is 4.57 Å². The lowest BCUT2D eigenvalue weighted by Gasteiger charge is -2.17. The molecule has 0 aliphatic carbocycles. The number of halogens is 1. The Morgan fingerprint density at radius 1 is 0.410 bits per heavy atom.